The fourth-order valence-electron chi connectivity index (χ4n) is 0.278. The van der Waals surface area contributed by atoms with E-state index < -0.39 is 11.9 Å². The van der Waals surface area contributed by atoms with Crippen LogP contribution in [-0.2, 0) is 19.2 Å². The van der Waals surface area contributed by atoms with Crippen molar-refractivity contribution in [3.8, 4) is 12.3 Å². The predicted octanol–water partition coefficient (Wildman–Crippen LogP) is -1.16. The van der Waals surface area contributed by atoms with E-state index in [1.54, 1.807) is 5.48 Å². The second kappa shape index (κ2) is 5.26. The zero-order valence-electron chi connectivity index (χ0n) is 5.92. The SMILES string of the molecule is C#CCONC(=O)C(=O)OC. The number of esters is 1. The summed E-state index contributed by atoms with van der Waals surface area (Å²) < 4.78 is 4.06. The number of ether oxygens (including phenoxy) is 1. The van der Waals surface area contributed by atoms with E-state index in [0.29, 0.717) is 0 Å². The minimum atomic E-state index is -1.03. The van der Waals surface area contributed by atoms with Gasteiger partial charge in [-0.1, -0.05) is 5.92 Å². The smallest absolute Gasteiger partial charge is 0.398 e. The Labute approximate surface area is 63.6 Å². The van der Waals surface area contributed by atoms with E-state index >= 15 is 0 Å². The third-order valence-electron chi connectivity index (χ3n) is 0.691. The number of methoxy groups -OCH3 is 1. The summed E-state index contributed by atoms with van der Waals surface area (Å²) in [4.78, 5) is 25.1. The van der Waals surface area contributed by atoms with Gasteiger partial charge in [-0.25, -0.2) is 10.3 Å². The molecule has 0 aromatic carbocycles. The first kappa shape index (κ1) is 9.46. The van der Waals surface area contributed by atoms with Gasteiger partial charge in [0.25, 0.3) is 0 Å². The van der Waals surface area contributed by atoms with E-state index in [0.717, 1.165) is 7.11 Å². The highest BCUT2D eigenvalue weighted by atomic mass is 16.7. The molecule has 0 bridgehead atoms. The molecule has 0 aliphatic carbocycles. The van der Waals surface area contributed by atoms with Crippen molar-refractivity contribution >= 4 is 11.9 Å². The highest BCUT2D eigenvalue weighted by Gasteiger charge is 2.12. The monoisotopic (exact) mass is 157 g/mol. The van der Waals surface area contributed by atoms with Crippen LogP contribution in [0.3, 0.4) is 0 Å². The molecule has 0 aromatic heterocycles. The lowest BCUT2D eigenvalue weighted by molar-refractivity contribution is -0.158. The first-order valence-corrected chi connectivity index (χ1v) is 2.66. The number of terminal acetylenes is 1. The number of carbonyl (C=O) groups is 2. The van der Waals surface area contributed by atoms with Crippen LogP contribution in [0.2, 0.25) is 0 Å². The second-order valence-electron chi connectivity index (χ2n) is 1.42. The van der Waals surface area contributed by atoms with Crippen LogP contribution in [0.4, 0.5) is 0 Å². The quantitative estimate of drug-likeness (QED) is 0.180. The molecule has 5 nitrogen and oxygen atoms in total. The molecule has 11 heavy (non-hydrogen) atoms. The van der Waals surface area contributed by atoms with E-state index in [2.05, 4.69) is 15.5 Å². The minimum absolute atomic E-state index is 0.0945. The number of amides is 1. The zero-order valence-corrected chi connectivity index (χ0v) is 5.92. The number of carbonyl (C=O) groups excluding carboxylic acids is 2. The Morgan fingerprint density at radius 2 is 2.27 bits per heavy atom. The minimum Gasteiger partial charge on any atom is -0.462 e. The van der Waals surface area contributed by atoms with Gasteiger partial charge in [-0.2, -0.15) is 0 Å². The molecule has 60 valence electrons. The average molecular weight is 157 g/mol. The van der Waals surface area contributed by atoms with Crippen molar-refractivity contribution in [1.29, 1.82) is 0 Å². The highest BCUT2D eigenvalue weighted by Crippen LogP contribution is 1.73. The van der Waals surface area contributed by atoms with Crippen molar-refractivity contribution in [2.45, 2.75) is 0 Å². The van der Waals surface area contributed by atoms with Crippen LogP contribution in [-0.4, -0.2) is 25.6 Å². The van der Waals surface area contributed by atoms with Crippen LogP contribution >= 0.6 is 0 Å². The topological polar surface area (TPSA) is 64.6 Å². The highest BCUT2D eigenvalue weighted by molar-refractivity contribution is 6.32. The Kier molecular flexibility index (Phi) is 4.52. The van der Waals surface area contributed by atoms with Crippen LogP contribution in [0.15, 0.2) is 0 Å². The summed E-state index contributed by atoms with van der Waals surface area (Å²) in [7, 11) is 1.09. The second-order valence-corrected chi connectivity index (χ2v) is 1.42. The third-order valence-corrected chi connectivity index (χ3v) is 0.691. The average Bonchev–Trinajstić information content (AvgIpc) is 2.03. The Bertz CT molecular complexity index is 193. The van der Waals surface area contributed by atoms with Crippen molar-refractivity contribution in [2.24, 2.45) is 0 Å². The van der Waals surface area contributed by atoms with E-state index in [1.807, 2.05) is 0 Å². The van der Waals surface area contributed by atoms with Gasteiger partial charge in [-0.3, -0.25) is 9.63 Å². The van der Waals surface area contributed by atoms with Gasteiger partial charge in [0.1, 0.15) is 6.61 Å². The standard InChI is InChI=1S/C6H7NO4/c1-3-4-11-7-5(8)6(9)10-2/h1H,4H2,2H3,(H,7,8). The summed E-state index contributed by atoms with van der Waals surface area (Å²) in [5.41, 5.74) is 1.78. The maximum Gasteiger partial charge on any atom is 0.398 e. The maximum atomic E-state index is 10.5. The Balaban J connectivity index is 3.54. The normalized spacial score (nSPS) is 8.00. The molecule has 0 radical (unpaired) electrons. The summed E-state index contributed by atoms with van der Waals surface area (Å²) >= 11 is 0. The van der Waals surface area contributed by atoms with Gasteiger partial charge in [-0.15, -0.1) is 6.42 Å². The van der Waals surface area contributed by atoms with Crippen molar-refractivity contribution in [1.82, 2.24) is 5.48 Å². The third kappa shape index (κ3) is 3.95. The zero-order chi connectivity index (χ0) is 8.69. The molecule has 0 spiro atoms. The number of hydroxylamine groups is 1. The molecule has 0 aromatic rings. The molecule has 0 atom stereocenters. The van der Waals surface area contributed by atoms with Crippen molar-refractivity contribution in [3.63, 3.8) is 0 Å². The van der Waals surface area contributed by atoms with Gasteiger partial charge in [0.15, 0.2) is 0 Å². The van der Waals surface area contributed by atoms with Crippen LogP contribution < -0.4 is 5.48 Å². The molecule has 0 heterocycles. The van der Waals surface area contributed by atoms with Gasteiger partial charge in [-0.05, 0) is 0 Å². The summed E-state index contributed by atoms with van der Waals surface area (Å²) in [6.45, 7) is -0.0945. The van der Waals surface area contributed by atoms with Gasteiger partial charge in [0, 0.05) is 0 Å². The fraction of sp³-hybridized carbons (Fsp3) is 0.333. The molecule has 0 saturated heterocycles. The molecular formula is C6H7NO4. The molecule has 0 rings (SSSR count). The fourth-order valence-corrected chi connectivity index (χ4v) is 0.278. The van der Waals surface area contributed by atoms with Crippen LogP contribution in [0.1, 0.15) is 0 Å². The van der Waals surface area contributed by atoms with E-state index in [-0.39, 0.29) is 6.61 Å². The molecule has 5 heteroatoms. The molecule has 0 aliphatic rings. The number of hydrogen-bond donors (Lipinski definition) is 1. The van der Waals surface area contributed by atoms with E-state index in [9.17, 15) is 9.59 Å². The Morgan fingerprint density at radius 3 is 2.73 bits per heavy atom. The van der Waals surface area contributed by atoms with Crippen molar-refractivity contribution in [3.05, 3.63) is 0 Å². The van der Waals surface area contributed by atoms with Crippen LogP contribution in [0.25, 0.3) is 0 Å². The maximum absolute atomic E-state index is 10.5. The van der Waals surface area contributed by atoms with Gasteiger partial charge in [0.2, 0.25) is 0 Å². The summed E-state index contributed by atoms with van der Waals surface area (Å²) in [6, 6.07) is 0. The first-order chi connectivity index (χ1) is 5.22. The van der Waals surface area contributed by atoms with Crippen LogP contribution in [0.5, 0.6) is 0 Å². The molecule has 0 saturated carbocycles. The van der Waals surface area contributed by atoms with Gasteiger partial charge < -0.3 is 4.74 Å². The lowest BCUT2D eigenvalue weighted by Gasteiger charge is -1.99. The predicted molar refractivity (Wildman–Crippen MR) is 34.9 cm³/mol. The molecule has 1 amide bonds. The molecular weight excluding hydrogens is 150 g/mol. The summed E-state index contributed by atoms with van der Waals surface area (Å²) in [5, 5.41) is 0. The molecule has 1 N–H and O–H groups in total. The van der Waals surface area contributed by atoms with Gasteiger partial charge in [0.05, 0.1) is 7.11 Å². The lowest BCUT2D eigenvalue weighted by atomic mass is 10.6. The first-order valence-electron chi connectivity index (χ1n) is 2.66. The largest absolute Gasteiger partial charge is 0.462 e. The Morgan fingerprint density at radius 1 is 1.64 bits per heavy atom. The van der Waals surface area contributed by atoms with Crippen molar-refractivity contribution < 1.29 is 19.2 Å². The van der Waals surface area contributed by atoms with Crippen LogP contribution in [0, 0.1) is 12.3 Å². The lowest BCUT2D eigenvalue weighted by Crippen LogP contribution is -2.32. The summed E-state index contributed by atoms with van der Waals surface area (Å²) in [6.07, 6.45) is 4.78. The number of rotatable bonds is 2. The molecule has 0 fully saturated rings. The van der Waals surface area contributed by atoms with Gasteiger partial charge >= 0.3 is 11.9 Å². The Hall–Kier alpha value is -1.54. The van der Waals surface area contributed by atoms with E-state index in [1.165, 1.54) is 0 Å². The number of hydrogen-bond acceptors (Lipinski definition) is 4. The van der Waals surface area contributed by atoms with E-state index in [4.69, 9.17) is 6.42 Å². The van der Waals surface area contributed by atoms with Crippen molar-refractivity contribution in [2.75, 3.05) is 13.7 Å². The number of nitrogens with one attached hydrogen (secondary N) is 1. The molecule has 0 aliphatic heterocycles. The summed E-state index contributed by atoms with van der Waals surface area (Å²) in [5.74, 6) is 0.0815. The molecule has 0 unspecified atom stereocenters.